The second-order valence-corrected chi connectivity index (χ2v) is 7.74. The van der Waals surface area contributed by atoms with Crippen LogP contribution in [-0.2, 0) is 11.2 Å². The Hall–Kier alpha value is -2.41. The number of para-hydroxylation sites is 1. The number of hydrogen-bond donors (Lipinski definition) is 2. The van der Waals surface area contributed by atoms with Crippen LogP contribution in [0.25, 0.3) is 0 Å². The molecule has 0 bridgehead atoms. The molecule has 2 heterocycles. The lowest BCUT2D eigenvalue weighted by atomic mass is 10.0. The Kier molecular flexibility index (Phi) is 5.56. The predicted molar refractivity (Wildman–Crippen MR) is 104 cm³/mol. The molecule has 26 heavy (non-hydrogen) atoms. The van der Waals surface area contributed by atoms with Crippen molar-refractivity contribution >= 4 is 29.0 Å². The van der Waals surface area contributed by atoms with E-state index < -0.39 is 0 Å². The number of thiazole rings is 1. The maximum Gasteiger partial charge on any atom is 0.315 e. The Balaban J connectivity index is 1.55. The number of rotatable bonds is 4. The predicted octanol–water partition coefficient (Wildman–Crippen LogP) is 3.10. The topological polar surface area (TPSA) is 74.3 Å². The average Bonchev–Trinajstić information content (AvgIpc) is 2.97. The van der Waals surface area contributed by atoms with Crippen molar-refractivity contribution in [1.82, 2.24) is 15.6 Å². The van der Waals surface area contributed by atoms with E-state index in [2.05, 4.69) is 21.7 Å². The smallest absolute Gasteiger partial charge is 0.315 e. The van der Waals surface area contributed by atoms with Crippen molar-refractivity contribution < 1.29 is 9.59 Å². The van der Waals surface area contributed by atoms with Gasteiger partial charge >= 0.3 is 6.03 Å². The number of aromatic nitrogens is 1. The van der Waals surface area contributed by atoms with E-state index >= 15 is 0 Å². The van der Waals surface area contributed by atoms with E-state index in [1.807, 2.05) is 39.0 Å². The number of amides is 3. The molecule has 1 aromatic heterocycles. The molecule has 1 atom stereocenters. The van der Waals surface area contributed by atoms with Crippen LogP contribution in [0.2, 0.25) is 0 Å². The lowest BCUT2D eigenvalue weighted by molar-refractivity contribution is -0.117. The Morgan fingerprint density at radius 2 is 2.08 bits per heavy atom. The van der Waals surface area contributed by atoms with Crippen molar-refractivity contribution in [2.75, 3.05) is 18.0 Å². The van der Waals surface area contributed by atoms with Crippen molar-refractivity contribution in [2.24, 2.45) is 0 Å². The Morgan fingerprint density at radius 1 is 1.31 bits per heavy atom. The molecule has 0 saturated carbocycles. The van der Waals surface area contributed by atoms with Gasteiger partial charge in [0.05, 0.1) is 23.3 Å². The summed E-state index contributed by atoms with van der Waals surface area (Å²) in [4.78, 5) is 31.9. The molecule has 0 fully saturated rings. The van der Waals surface area contributed by atoms with Crippen LogP contribution in [0.4, 0.5) is 10.5 Å². The fourth-order valence-corrected chi connectivity index (χ4v) is 4.24. The van der Waals surface area contributed by atoms with Crippen LogP contribution in [0.1, 0.15) is 40.5 Å². The van der Waals surface area contributed by atoms with Gasteiger partial charge in [-0.05, 0) is 45.2 Å². The molecule has 2 N–H and O–H groups in total. The zero-order chi connectivity index (χ0) is 18.7. The zero-order valence-corrected chi connectivity index (χ0v) is 16.2. The molecule has 138 valence electrons. The number of carbonyl (C=O) groups is 2. The highest BCUT2D eigenvalue weighted by Crippen LogP contribution is 2.26. The van der Waals surface area contributed by atoms with Crippen LogP contribution in [0.3, 0.4) is 0 Å². The summed E-state index contributed by atoms with van der Waals surface area (Å²) in [6.07, 6.45) is 1.93. The van der Waals surface area contributed by atoms with Gasteiger partial charge in [-0.3, -0.25) is 4.79 Å². The van der Waals surface area contributed by atoms with Crippen LogP contribution >= 0.6 is 11.3 Å². The number of nitrogens with one attached hydrogen (secondary N) is 2. The number of aryl methyl sites for hydroxylation is 3. The molecule has 1 aromatic carbocycles. The summed E-state index contributed by atoms with van der Waals surface area (Å²) in [5, 5.41) is 6.54. The van der Waals surface area contributed by atoms with E-state index in [0.717, 1.165) is 34.1 Å². The van der Waals surface area contributed by atoms with Crippen molar-refractivity contribution in [3.8, 4) is 0 Å². The van der Waals surface area contributed by atoms with E-state index in [1.54, 1.807) is 16.2 Å². The molecule has 3 rings (SSSR count). The van der Waals surface area contributed by atoms with Gasteiger partial charge in [0.25, 0.3) is 0 Å². The summed E-state index contributed by atoms with van der Waals surface area (Å²) in [6, 6.07) is 7.45. The zero-order valence-electron chi connectivity index (χ0n) is 15.3. The number of fused-ring (bicyclic) bond motifs is 1. The van der Waals surface area contributed by atoms with E-state index in [1.165, 1.54) is 5.56 Å². The molecule has 1 unspecified atom stereocenters. The van der Waals surface area contributed by atoms with E-state index in [9.17, 15) is 9.59 Å². The molecule has 6 nitrogen and oxygen atoms in total. The molecule has 0 radical (unpaired) electrons. The third-order valence-corrected chi connectivity index (χ3v) is 5.75. The number of anilines is 1. The van der Waals surface area contributed by atoms with Crippen LogP contribution in [0.15, 0.2) is 24.3 Å². The van der Waals surface area contributed by atoms with Crippen LogP contribution in [0.5, 0.6) is 0 Å². The number of urea groups is 1. The first kappa shape index (κ1) is 18.4. The molecule has 1 aliphatic rings. The SMILES string of the molecule is Cc1nc(C)c(C(C)NC(=O)NCC(=O)N2CCCc3ccccc32)s1. The van der Waals surface area contributed by atoms with E-state index in [0.29, 0.717) is 6.54 Å². The van der Waals surface area contributed by atoms with Crippen LogP contribution in [0, 0.1) is 13.8 Å². The lowest BCUT2D eigenvalue weighted by Crippen LogP contribution is -2.45. The summed E-state index contributed by atoms with van der Waals surface area (Å²) in [5.41, 5.74) is 3.07. The number of hydrogen-bond acceptors (Lipinski definition) is 4. The minimum absolute atomic E-state index is 0.0202. The molecular formula is C19H24N4O2S. The highest BCUT2D eigenvalue weighted by atomic mass is 32.1. The number of benzene rings is 1. The molecular weight excluding hydrogens is 348 g/mol. The van der Waals surface area contributed by atoms with Gasteiger partial charge in [-0.2, -0.15) is 0 Å². The van der Waals surface area contributed by atoms with Crippen LogP contribution in [-0.4, -0.2) is 30.0 Å². The van der Waals surface area contributed by atoms with E-state index in [-0.39, 0.29) is 24.5 Å². The molecule has 0 spiro atoms. The summed E-state index contributed by atoms with van der Waals surface area (Å²) in [6.45, 7) is 6.47. The first-order valence-electron chi connectivity index (χ1n) is 8.82. The highest BCUT2D eigenvalue weighted by Gasteiger charge is 2.22. The third-order valence-electron chi connectivity index (χ3n) is 4.49. The largest absolute Gasteiger partial charge is 0.331 e. The average molecular weight is 372 g/mol. The minimum atomic E-state index is -0.346. The first-order chi connectivity index (χ1) is 12.5. The van der Waals surface area contributed by atoms with Gasteiger partial charge in [0.2, 0.25) is 5.91 Å². The maximum atomic E-state index is 12.6. The fourth-order valence-electron chi connectivity index (χ4n) is 3.31. The number of nitrogens with zero attached hydrogens (tertiary/aromatic N) is 2. The van der Waals surface area contributed by atoms with Gasteiger partial charge in [0.1, 0.15) is 0 Å². The highest BCUT2D eigenvalue weighted by molar-refractivity contribution is 7.11. The standard InChI is InChI=1S/C19H24N4O2S/c1-12-18(26-14(3)21-12)13(2)22-19(25)20-11-17(24)23-10-6-8-15-7-4-5-9-16(15)23/h4-5,7,9,13H,6,8,10-11H2,1-3H3,(H2,20,22,25). The Bertz CT molecular complexity index is 818. The molecule has 1 aliphatic heterocycles. The van der Waals surface area contributed by atoms with E-state index in [4.69, 9.17) is 0 Å². The Labute approximate surface area is 157 Å². The summed E-state index contributed by atoms with van der Waals surface area (Å²) < 4.78 is 0. The molecule has 7 heteroatoms. The Morgan fingerprint density at radius 3 is 2.81 bits per heavy atom. The second kappa shape index (κ2) is 7.86. The molecule has 3 amide bonds. The minimum Gasteiger partial charge on any atom is -0.331 e. The van der Waals surface area contributed by atoms with Crippen molar-refractivity contribution in [2.45, 2.75) is 39.7 Å². The van der Waals surface area contributed by atoms with Gasteiger partial charge in [-0.1, -0.05) is 18.2 Å². The van der Waals surface area contributed by atoms with Gasteiger partial charge in [0.15, 0.2) is 0 Å². The van der Waals surface area contributed by atoms with Crippen molar-refractivity contribution in [1.29, 1.82) is 0 Å². The number of carbonyl (C=O) groups excluding carboxylic acids is 2. The van der Waals surface area contributed by atoms with Crippen LogP contribution < -0.4 is 15.5 Å². The summed E-state index contributed by atoms with van der Waals surface area (Å²) in [5.74, 6) is -0.0928. The molecule has 0 saturated heterocycles. The van der Waals surface area contributed by atoms with Gasteiger partial charge in [0, 0.05) is 17.1 Å². The van der Waals surface area contributed by atoms with Gasteiger partial charge in [-0.25, -0.2) is 9.78 Å². The quantitative estimate of drug-likeness (QED) is 0.866. The fraction of sp³-hybridized carbons (Fsp3) is 0.421. The third kappa shape index (κ3) is 4.04. The normalized spacial score (nSPS) is 14.5. The summed E-state index contributed by atoms with van der Waals surface area (Å²) >= 11 is 1.58. The summed E-state index contributed by atoms with van der Waals surface area (Å²) in [7, 11) is 0. The first-order valence-corrected chi connectivity index (χ1v) is 9.64. The second-order valence-electron chi connectivity index (χ2n) is 6.51. The van der Waals surface area contributed by atoms with Crippen molar-refractivity contribution in [3.63, 3.8) is 0 Å². The van der Waals surface area contributed by atoms with Gasteiger partial charge in [-0.15, -0.1) is 11.3 Å². The molecule has 0 aliphatic carbocycles. The maximum absolute atomic E-state index is 12.6. The monoisotopic (exact) mass is 372 g/mol. The van der Waals surface area contributed by atoms with Gasteiger partial charge < -0.3 is 15.5 Å². The lowest BCUT2D eigenvalue weighted by Gasteiger charge is -2.29. The molecule has 2 aromatic rings. The van der Waals surface area contributed by atoms with Crippen molar-refractivity contribution in [3.05, 3.63) is 45.4 Å².